The molecule has 148 valence electrons. The number of carbonyl (C=O) groups excluding carboxylic acids is 1. The Morgan fingerprint density at radius 2 is 1.79 bits per heavy atom. The summed E-state index contributed by atoms with van der Waals surface area (Å²) in [6.07, 6.45) is 0. The number of carbonyl (C=O) groups is 1. The van der Waals surface area contributed by atoms with Gasteiger partial charge >= 0.3 is 0 Å². The summed E-state index contributed by atoms with van der Waals surface area (Å²) in [5, 5.41) is 0. The first-order valence-corrected chi connectivity index (χ1v) is 11.8. The minimum atomic E-state index is -3.55. The van der Waals surface area contributed by atoms with Crippen molar-refractivity contribution in [3.8, 4) is 0 Å². The lowest BCUT2D eigenvalue weighted by Gasteiger charge is -2.18. The predicted octanol–water partition coefficient (Wildman–Crippen LogP) is 3.77. The summed E-state index contributed by atoms with van der Waals surface area (Å²) >= 11 is 4.87. The fourth-order valence-electron chi connectivity index (χ4n) is 2.85. The molecule has 3 aromatic rings. The highest BCUT2D eigenvalue weighted by atomic mass is 79.9. The second-order valence-electron chi connectivity index (χ2n) is 6.09. The number of nitrogens with zero attached hydrogens (tertiary/aromatic N) is 3. The summed E-state index contributed by atoms with van der Waals surface area (Å²) in [6.45, 7) is 4.38. The van der Waals surface area contributed by atoms with E-state index in [0.29, 0.717) is 23.5 Å². The molecule has 1 aromatic heterocycles. The van der Waals surface area contributed by atoms with Crippen molar-refractivity contribution in [2.75, 3.05) is 13.1 Å². The van der Waals surface area contributed by atoms with Crippen LogP contribution >= 0.6 is 27.3 Å². The van der Waals surface area contributed by atoms with E-state index in [4.69, 9.17) is 0 Å². The number of hydrogen-bond acceptors (Lipinski definition) is 4. The summed E-state index contributed by atoms with van der Waals surface area (Å²) < 4.78 is 30.3. The topological polar surface area (TPSA) is 71.7 Å². The molecule has 0 aliphatic heterocycles. The van der Waals surface area contributed by atoms with E-state index in [-0.39, 0.29) is 4.90 Å². The minimum Gasteiger partial charge on any atom is -0.319 e. The molecular formula is C19H20BrN3O3S2. The van der Waals surface area contributed by atoms with Gasteiger partial charge in [0.15, 0.2) is 4.80 Å². The maximum Gasteiger partial charge on any atom is 0.279 e. The van der Waals surface area contributed by atoms with E-state index in [0.717, 1.165) is 14.7 Å². The van der Waals surface area contributed by atoms with Crippen molar-refractivity contribution in [2.24, 2.45) is 12.0 Å². The number of rotatable bonds is 5. The largest absolute Gasteiger partial charge is 0.319 e. The van der Waals surface area contributed by atoms with Crippen LogP contribution in [-0.2, 0) is 17.1 Å². The predicted molar refractivity (Wildman–Crippen MR) is 115 cm³/mol. The van der Waals surface area contributed by atoms with Crippen molar-refractivity contribution in [3.63, 3.8) is 0 Å². The fourth-order valence-corrected chi connectivity index (χ4v) is 5.87. The standard InChI is InChI=1S/C19H20BrN3O3S2/c1-4-23(5-2)28(25,26)15-9-6-13(7-10-15)18(24)21-19-22(3)16-11-8-14(20)12-17(16)27-19/h6-12H,4-5H2,1-3H3. The zero-order chi connectivity index (χ0) is 20.5. The molecule has 0 saturated carbocycles. The van der Waals surface area contributed by atoms with Crippen LogP contribution in [-0.4, -0.2) is 36.3 Å². The minimum absolute atomic E-state index is 0.171. The Kier molecular flexibility index (Phi) is 6.18. The molecule has 0 atom stereocenters. The molecule has 1 heterocycles. The number of hydrogen-bond donors (Lipinski definition) is 0. The zero-order valence-corrected chi connectivity index (χ0v) is 18.9. The second kappa shape index (κ2) is 8.28. The third-order valence-corrected chi connectivity index (χ3v) is 8.07. The van der Waals surface area contributed by atoms with Gasteiger partial charge < -0.3 is 4.57 Å². The molecule has 0 aliphatic carbocycles. The van der Waals surface area contributed by atoms with Crippen LogP contribution in [0.1, 0.15) is 24.2 Å². The highest BCUT2D eigenvalue weighted by molar-refractivity contribution is 9.10. The number of aromatic nitrogens is 1. The lowest BCUT2D eigenvalue weighted by molar-refractivity contribution is 0.0998. The average molecular weight is 482 g/mol. The van der Waals surface area contributed by atoms with Crippen molar-refractivity contribution in [3.05, 3.63) is 57.3 Å². The van der Waals surface area contributed by atoms with Crippen LogP contribution in [0.15, 0.2) is 56.8 Å². The van der Waals surface area contributed by atoms with Gasteiger partial charge in [0.25, 0.3) is 5.91 Å². The first-order chi connectivity index (χ1) is 13.3. The van der Waals surface area contributed by atoms with E-state index >= 15 is 0 Å². The van der Waals surface area contributed by atoms with Gasteiger partial charge in [0.1, 0.15) is 0 Å². The van der Waals surface area contributed by atoms with Crippen molar-refractivity contribution in [1.82, 2.24) is 8.87 Å². The van der Waals surface area contributed by atoms with Crippen molar-refractivity contribution < 1.29 is 13.2 Å². The lowest BCUT2D eigenvalue weighted by atomic mass is 10.2. The van der Waals surface area contributed by atoms with Gasteiger partial charge in [-0.2, -0.15) is 9.30 Å². The molecule has 6 nitrogen and oxygen atoms in total. The number of fused-ring (bicyclic) bond motifs is 1. The average Bonchev–Trinajstić information content (AvgIpc) is 2.97. The molecule has 2 aromatic carbocycles. The summed E-state index contributed by atoms with van der Waals surface area (Å²) in [5.74, 6) is -0.409. The summed E-state index contributed by atoms with van der Waals surface area (Å²) in [6, 6.07) is 11.8. The maximum atomic E-state index is 12.6. The van der Waals surface area contributed by atoms with Gasteiger partial charge in [-0.05, 0) is 42.5 Å². The Morgan fingerprint density at radius 3 is 2.39 bits per heavy atom. The van der Waals surface area contributed by atoms with E-state index in [2.05, 4.69) is 20.9 Å². The highest BCUT2D eigenvalue weighted by Gasteiger charge is 2.21. The van der Waals surface area contributed by atoms with Crippen molar-refractivity contribution in [1.29, 1.82) is 0 Å². The third kappa shape index (κ3) is 3.98. The molecule has 0 spiro atoms. The fraction of sp³-hybridized carbons (Fsp3) is 0.263. The highest BCUT2D eigenvalue weighted by Crippen LogP contribution is 2.22. The number of aryl methyl sites for hydroxylation is 1. The smallest absolute Gasteiger partial charge is 0.279 e. The molecule has 0 aliphatic rings. The van der Waals surface area contributed by atoms with E-state index in [1.807, 2.05) is 29.8 Å². The van der Waals surface area contributed by atoms with Crippen LogP contribution in [0.3, 0.4) is 0 Å². The Bertz CT molecular complexity index is 1190. The molecule has 9 heteroatoms. The Labute approximate surface area is 176 Å². The van der Waals surface area contributed by atoms with E-state index in [1.54, 1.807) is 13.8 Å². The quantitative estimate of drug-likeness (QED) is 0.556. The number of amides is 1. The summed E-state index contributed by atoms with van der Waals surface area (Å²) in [4.78, 5) is 17.5. The number of sulfonamides is 1. The molecule has 0 bridgehead atoms. The Hall–Kier alpha value is -1.81. The van der Waals surface area contributed by atoms with Crippen LogP contribution in [0, 0.1) is 0 Å². The SMILES string of the molecule is CCN(CC)S(=O)(=O)c1ccc(C(=O)N=c2sc3cc(Br)ccc3n2C)cc1. The first kappa shape index (κ1) is 20.9. The summed E-state index contributed by atoms with van der Waals surface area (Å²) in [7, 11) is -1.69. The summed E-state index contributed by atoms with van der Waals surface area (Å²) in [5.41, 5.74) is 1.33. The second-order valence-corrected chi connectivity index (χ2v) is 9.95. The molecule has 3 rings (SSSR count). The monoisotopic (exact) mass is 481 g/mol. The van der Waals surface area contributed by atoms with Gasteiger partial charge in [-0.25, -0.2) is 8.42 Å². The molecule has 0 radical (unpaired) electrons. The van der Waals surface area contributed by atoms with Crippen molar-refractivity contribution >= 4 is 53.4 Å². The molecule has 1 amide bonds. The molecule has 0 N–H and O–H groups in total. The van der Waals surface area contributed by atoms with Crippen LogP contribution < -0.4 is 4.80 Å². The third-order valence-electron chi connectivity index (χ3n) is 4.41. The van der Waals surface area contributed by atoms with Gasteiger partial charge in [0.05, 0.1) is 15.1 Å². The van der Waals surface area contributed by atoms with Gasteiger partial charge in [-0.15, -0.1) is 0 Å². The molecule has 0 unspecified atom stereocenters. The normalized spacial score (nSPS) is 12.8. The maximum absolute atomic E-state index is 12.6. The number of thiazole rings is 1. The van der Waals surface area contributed by atoms with Crippen molar-refractivity contribution in [2.45, 2.75) is 18.7 Å². The van der Waals surface area contributed by atoms with Crippen LogP contribution in [0.4, 0.5) is 0 Å². The molecular weight excluding hydrogens is 462 g/mol. The van der Waals surface area contributed by atoms with E-state index < -0.39 is 15.9 Å². The van der Waals surface area contributed by atoms with Crippen LogP contribution in [0.25, 0.3) is 10.2 Å². The molecule has 0 fully saturated rings. The van der Waals surface area contributed by atoms with Gasteiger partial charge in [0.2, 0.25) is 10.0 Å². The first-order valence-electron chi connectivity index (χ1n) is 8.72. The molecule has 0 saturated heterocycles. The van der Waals surface area contributed by atoms with Gasteiger partial charge in [-0.3, -0.25) is 4.79 Å². The lowest BCUT2D eigenvalue weighted by Crippen LogP contribution is -2.30. The Balaban J connectivity index is 1.94. The Morgan fingerprint density at radius 1 is 1.14 bits per heavy atom. The molecule has 28 heavy (non-hydrogen) atoms. The van der Waals surface area contributed by atoms with Gasteiger partial charge in [-0.1, -0.05) is 41.1 Å². The number of benzene rings is 2. The van der Waals surface area contributed by atoms with Gasteiger partial charge in [0, 0.05) is 30.2 Å². The number of halogens is 1. The van der Waals surface area contributed by atoms with Crippen LogP contribution in [0.5, 0.6) is 0 Å². The van der Waals surface area contributed by atoms with E-state index in [1.165, 1.54) is 39.9 Å². The zero-order valence-electron chi connectivity index (χ0n) is 15.7. The van der Waals surface area contributed by atoms with Crippen LogP contribution in [0.2, 0.25) is 0 Å². The van der Waals surface area contributed by atoms with E-state index in [9.17, 15) is 13.2 Å².